The summed E-state index contributed by atoms with van der Waals surface area (Å²) in [6.07, 6.45) is 2.54. The minimum absolute atomic E-state index is 0.612. The van der Waals surface area contributed by atoms with Gasteiger partial charge in [0.2, 0.25) is 0 Å². The fraction of sp³-hybridized carbons (Fsp3) is 0.308. The van der Waals surface area contributed by atoms with Crippen LogP contribution in [0.2, 0.25) is 0 Å². The summed E-state index contributed by atoms with van der Waals surface area (Å²) >= 11 is 0. The van der Waals surface area contributed by atoms with Crippen LogP contribution >= 0.6 is 0 Å². The van der Waals surface area contributed by atoms with Gasteiger partial charge in [-0.2, -0.15) is 9.90 Å². The van der Waals surface area contributed by atoms with Crippen LogP contribution in [-0.4, -0.2) is 33.0 Å². The molecule has 0 aliphatic heterocycles. The lowest BCUT2D eigenvalue weighted by molar-refractivity contribution is 0.317. The van der Waals surface area contributed by atoms with E-state index in [2.05, 4.69) is 15.4 Å². The highest BCUT2D eigenvalue weighted by molar-refractivity contribution is 6.00. The highest BCUT2D eigenvalue weighted by Gasteiger charge is 2.22. The number of hydrogen-bond donors (Lipinski definition) is 1. The van der Waals surface area contributed by atoms with E-state index in [-0.39, 0.29) is 0 Å². The fourth-order valence-electron chi connectivity index (χ4n) is 2.20. The van der Waals surface area contributed by atoms with Crippen LogP contribution in [0.25, 0.3) is 5.69 Å². The summed E-state index contributed by atoms with van der Waals surface area (Å²) in [5.74, 6) is 0.790. The van der Waals surface area contributed by atoms with Crippen molar-refractivity contribution in [2.75, 3.05) is 7.11 Å². The van der Waals surface area contributed by atoms with Gasteiger partial charge in [-0.05, 0) is 43.5 Å². The average Bonchev–Trinajstić information content (AvgIpc) is 2.91. The lowest BCUT2D eigenvalue weighted by Gasteiger charge is -2.07. The minimum Gasteiger partial charge on any atom is -0.497 e. The molecule has 0 bridgehead atoms. The largest absolute Gasteiger partial charge is 0.497 e. The van der Waals surface area contributed by atoms with E-state index in [4.69, 9.17) is 9.94 Å². The Morgan fingerprint density at radius 2 is 2.00 bits per heavy atom. The second-order valence-electron chi connectivity index (χ2n) is 4.38. The zero-order chi connectivity index (χ0) is 13.2. The summed E-state index contributed by atoms with van der Waals surface area (Å²) in [4.78, 5) is 1.57. The van der Waals surface area contributed by atoms with E-state index in [1.54, 1.807) is 11.9 Å². The van der Waals surface area contributed by atoms with Crippen LogP contribution in [0.1, 0.15) is 24.2 Å². The van der Waals surface area contributed by atoms with Crippen molar-refractivity contribution in [3.63, 3.8) is 0 Å². The first-order chi connectivity index (χ1) is 9.31. The number of rotatable bonds is 2. The molecule has 2 aromatic rings. The van der Waals surface area contributed by atoms with E-state index in [9.17, 15) is 0 Å². The Morgan fingerprint density at radius 3 is 2.68 bits per heavy atom. The number of hydrogen-bond acceptors (Lipinski definition) is 5. The lowest BCUT2D eigenvalue weighted by Crippen LogP contribution is -2.11. The van der Waals surface area contributed by atoms with Crippen molar-refractivity contribution in [1.29, 1.82) is 0 Å². The molecule has 0 unspecified atom stereocenters. The summed E-state index contributed by atoms with van der Waals surface area (Å²) in [5, 5.41) is 21.1. The Balaban J connectivity index is 2.00. The maximum absolute atomic E-state index is 8.98. The van der Waals surface area contributed by atoms with Crippen molar-refractivity contribution < 1.29 is 9.94 Å². The van der Waals surface area contributed by atoms with Crippen LogP contribution in [0.5, 0.6) is 5.75 Å². The predicted molar refractivity (Wildman–Crippen MR) is 69.2 cm³/mol. The number of ether oxygens (including phenoxy) is 1. The Morgan fingerprint density at radius 1 is 1.21 bits per heavy atom. The van der Waals surface area contributed by atoms with Crippen molar-refractivity contribution in [2.45, 2.75) is 19.3 Å². The van der Waals surface area contributed by atoms with Crippen molar-refractivity contribution in [3.05, 3.63) is 35.7 Å². The van der Waals surface area contributed by atoms with Gasteiger partial charge in [-0.15, -0.1) is 5.10 Å². The first kappa shape index (κ1) is 11.7. The van der Waals surface area contributed by atoms with Crippen LogP contribution in [0.3, 0.4) is 0 Å². The molecule has 1 heterocycles. The van der Waals surface area contributed by atoms with Crippen molar-refractivity contribution >= 4 is 5.71 Å². The lowest BCUT2D eigenvalue weighted by atomic mass is 9.99. The molecule has 0 amide bonds. The monoisotopic (exact) mass is 258 g/mol. The van der Waals surface area contributed by atoms with Gasteiger partial charge in [-0.1, -0.05) is 5.16 Å². The standard InChI is InChI=1S/C13H14N4O2/c1-19-10-7-5-9(6-8-10)17-14-11-3-2-4-12(16-18)13(11)15-17/h5-8,18H,2-4H2,1H3/b16-12-. The van der Waals surface area contributed by atoms with Crippen molar-refractivity contribution in [1.82, 2.24) is 15.0 Å². The van der Waals surface area contributed by atoms with E-state index in [0.717, 1.165) is 36.4 Å². The molecule has 0 saturated carbocycles. The summed E-state index contributed by atoms with van der Waals surface area (Å²) < 4.78 is 5.12. The molecular weight excluding hydrogens is 244 g/mol. The predicted octanol–water partition coefficient (Wildman–Crippen LogP) is 1.79. The molecule has 0 saturated heterocycles. The summed E-state index contributed by atoms with van der Waals surface area (Å²) in [6.45, 7) is 0. The Labute approximate surface area is 110 Å². The highest BCUT2D eigenvalue weighted by Crippen LogP contribution is 2.20. The Hall–Kier alpha value is -2.37. The average molecular weight is 258 g/mol. The quantitative estimate of drug-likeness (QED) is 0.658. The number of oxime groups is 1. The first-order valence-corrected chi connectivity index (χ1v) is 6.14. The van der Waals surface area contributed by atoms with Crippen molar-refractivity contribution in [3.8, 4) is 11.4 Å². The zero-order valence-electron chi connectivity index (χ0n) is 10.6. The molecule has 1 aromatic carbocycles. The van der Waals surface area contributed by atoms with Crippen LogP contribution in [0, 0.1) is 0 Å². The molecule has 1 N–H and O–H groups in total. The number of aromatic nitrogens is 3. The van der Waals surface area contributed by atoms with Gasteiger partial charge in [0.15, 0.2) is 0 Å². The Kier molecular flexibility index (Phi) is 2.91. The second-order valence-corrected chi connectivity index (χ2v) is 4.38. The number of benzene rings is 1. The van der Waals surface area contributed by atoms with Gasteiger partial charge in [0, 0.05) is 0 Å². The second kappa shape index (κ2) is 4.72. The normalized spacial score (nSPS) is 16.4. The van der Waals surface area contributed by atoms with Gasteiger partial charge in [0.25, 0.3) is 0 Å². The third-order valence-electron chi connectivity index (χ3n) is 3.21. The minimum atomic E-state index is 0.612. The SMILES string of the molecule is COc1ccc(-n2nc3c(n2)/C(=N\O)CCC3)cc1. The van der Waals surface area contributed by atoms with Crippen molar-refractivity contribution in [2.24, 2.45) is 5.16 Å². The molecule has 6 heteroatoms. The number of fused-ring (bicyclic) bond motifs is 1. The molecule has 98 valence electrons. The molecular formula is C13H14N4O2. The van der Waals surface area contributed by atoms with Crippen LogP contribution in [-0.2, 0) is 6.42 Å². The van der Waals surface area contributed by atoms with Gasteiger partial charge >= 0.3 is 0 Å². The molecule has 1 aliphatic rings. The van der Waals surface area contributed by atoms with E-state index in [1.807, 2.05) is 24.3 Å². The Bertz CT molecular complexity index is 616. The summed E-state index contributed by atoms with van der Waals surface area (Å²) in [5.41, 5.74) is 3.05. The zero-order valence-corrected chi connectivity index (χ0v) is 10.6. The summed E-state index contributed by atoms with van der Waals surface area (Å²) in [7, 11) is 1.63. The van der Waals surface area contributed by atoms with Gasteiger partial charge in [0.05, 0.1) is 18.5 Å². The van der Waals surface area contributed by atoms with Crippen LogP contribution in [0.15, 0.2) is 29.4 Å². The van der Waals surface area contributed by atoms with Crippen LogP contribution < -0.4 is 4.74 Å². The maximum Gasteiger partial charge on any atom is 0.134 e. The van der Waals surface area contributed by atoms with Gasteiger partial charge in [-0.25, -0.2) is 0 Å². The van der Waals surface area contributed by atoms with E-state index in [0.29, 0.717) is 11.4 Å². The summed E-state index contributed by atoms with van der Waals surface area (Å²) in [6, 6.07) is 7.50. The molecule has 3 rings (SSSR count). The molecule has 6 nitrogen and oxygen atoms in total. The van der Waals surface area contributed by atoms with E-state index in [1.165, 1.54) is 0 Å². The molecule has 0 radical (unpaired) electrons. The molecule has 1 aliphatic carbocycles. The topological polar surface area (TPSA) is 72.5 Å². The smallest absolute Gasteiger partial charge is 0.134 e. The number of aryl methyl sites for hydroxylation is 1. The molecule has 0 fully saturated rings. The van der Waals surface area contributed by atoms with E-state index < -0.39 is 0 Å². The third-order valence-corrected chi connectivity index (χ3v) is 3.21. The van der Waals surface area contributed by atoms with E-state index >= 15 is 0 Å². The van der Waals surface area contributed by atoms with Crippen LogP contribution in [0.4, 0.5) is 0 Å². The highest BCUT2D eigenvalue weighted by atomic mass is 16.5. The first-order valence-electron chi connectivity index (χ1n) is 6.14. The fourth-order valence-corrected chi connectivity index (χ4v) is 2.20. The molecule has 19 heavy (non-hydrogen) atoms. The van der Waals surface area contributed by atoms with Gasteiger partial charge < -0.3 is 9.94 Å². The third kappa shape index (κ3) is 2.05. The number of nitrogens with zero attached hydrogens (tertiary/aromatic N) is 4. The van der Waals surface area contributed by atoms with Gasteiger partial charge in [0.1, 0.15) is 17.2 Å². The maximum atomic E-state index is 8.98. The number of methoxy groups -OCH3 is 1. The molecule has 0 atom stereocenters. The molecule has 1 aromatic heterocycles. The molecule has 0 spiro atoms. The van der Waals surface area contributed by atoms with Gasteiger partial charge in [-0.3, -0.25) is 0 Å².